The van der Waals surface area contributed by atoms with Gasteiger partial charge in [0.2, 0.25) is 0 Å². The molecule has 1 aromatic carbocycles. The molecular formula is C12H13ClN2O2S2. The summed E-state index contributed by atoms with van der Waals surface area (Å²) in [6, 6.07) is 5.80. The molecule has 0 amide bonds. The molecule has 0 aliphatic carbocycles. The Hall–Kier alpha value is -0.850. The normalized spacial score (nSPS) is 19.6. The average molecular weight is 317 g/mol. The highest BCUT2D eigenvalue weighted by atomic mass is 35.5. The third kappa shape index (κ3) is 3.01. The number of thiazole rings is 1. The summed E-state index contributed by atoms with van der Waals surface area (Å²) in [4.78, 5) is 4.48. The quantitative estimate of drug-likeness (QED) is 0.925. The molecule has 1 N–H and O–H groups in total. The van der Waals surface area contributed by atoms with Gasteiger partial charge in [-0.2, -0.15) is 0 Å². The molecule has 1 saturated heterocycles. The number of hydrogen-bond donors (Lipinski definition) is 1. The maximum absolute atomic E-state index is 11.4. The van der Waals surface area contributed by atoms with Crippen molar-refractivity contribution in [1.29, 1.82) is 0 Å². The van der Waals surface area contributed by atoms with Gasteiger partial charge in [0.25, 0.3) is 0 Å². The smallest absolute Gasteiger partial charge is 0.184 e. The van der Waals surface area contributed by atoms with Crippen molar-refractivity contribution in [2.24, 2.45) is 0 Å². The van der Waals surface area contributed by atoms with Crippen LogP contribution >= 0.6 is 22.9 Å². The van der Waals surface area contributed by atoms with Crippen LogP contribution in [0.4, 0.5) is 5.13 Å². The van der Waals surface area contributed by atoms with Crippen molar-refractivity contribution in [3.8, 4) is 0 Å². The second-order valence-electron chi connectivity index (χ2n) is 4.70. The van der Waals surface area contributed by atoms with E-state index >= 15 is 0 Å². The molecule has 19 heavy (non-hydrogen) atoms. The van der Waals surface area contributed by atoms with Crippen molar-refractivity contribution in [2.75, 3.05) is 16.8 Å². The topological polar surface area (TPSA) is 59.1 Å². The Balaban J connectivity index is 1.75. The Morgan fingerprint density at radius 2 is 2.05 bits per heavy atom. The van der Waals surface area contributed by atoms with Crippen LogP contribution in [-0.4, -0.2) is 30.9 Å². The van der Waals surface area contributed by atoms with Crippen molar-refractivity contribution >= 4 is 48.1 Å². The first-order chi connectivity index (χ1) is 9.02. The van der Waals surface area contributed by atoms with Crippen LogP contribution < -0.4 is 5.32 Å². The first-order valence-electron chi connectivity index (χ1n) is 6.05. The minimum Gasteiger partial charge on any atom is -0.359 e. The van der Waals surface area contributed by atoms with Crippen molar-refractivity contribution in [3.05, 3.63) is 23.2 Å². The lowest BCUT2D eigenvalue weighted by molar-refractivity contribution is 0.559. The molecule has 0 radical (unpaired) electrons. The maximum Gasteiger partial charge on any atom is 0.184 e. The van der Waals surface area contributed by atoms with Crippen molar-refractivity contribution in [3.63, 3.8) is 0 Å². The van der Waals surface area contributed by atoms with Gasteiger partial charge in [-0.05, 0) is 31.0 Å². The summed E-state index contributed by atoms with van der Waals surface area (Å²) in [7, 11) is -2.81. The number of rotatable bonds is 2. The third-order valence-electron chi connectivity index (χ3n) is 3.23. The predicted octanol–water partition coefficient (Wildman–Crippen LogP) is 2.94. The molecule has 0 spiro atoms. The molecule has 0 saturated carbocycles. The highest BCUT2D eigenvalue weighted by molar-refractivity contribution is 7.91. The predicted molar refractivity (Wildman–Crippen MR) is 79.9 cm³/mol. The Kier molecular flexibility index (Phi) is 3.41. The van der Waals surface area contributed by atoms with Gasteiger partial charge in [-0.25, -0.2) is 13.4 Å². The number of anilines is 1. The number of sulfone groups is 1. The van der Waals surface area contributed by atoms with Gasteiger partial charge in [-0.15, -0.1) is 0 Å². The van der Waals surface area contributed by atoms with Crippen LogP contribution in [0.15, 0.2) is 18.2 Å². The Labute approximate surface area is 120 Å². The van der Waals surface area contributed by atoms with E-state index in [9.17, 15) is 8.42 Å². The average Bonchev–Trinajstić information content (AvgIpc) is 2.73. The molecule has 0 atom stereocenters. The first kappa shape index (κ1) is 13.1. The van der Waals surface area contributed by atoms with Crippen LogP contribution in [0.3, 0.4) is 0 Å². The standard InChI is InChI=1S/C12H13ClN2O2S2/c13-8-1-2-10-11(7-8)18-12(15-10)14-9-3-5-19(16,17)6-4-9/h1-2,7,9H,3-6H2,(H,14,15). The summed E-state index contributed by atoms with van der Waals surface area (Å²) < 4.78 is 23.8. The van der Waals surface area contributed by atoms with E-state index in [1.807, 2.05) is 18.2 Å². The number of fused-ring (bicyclic) bond motifs is 1. The SMILES string of the molecule is O=S1(=O)CCC(Nc2nc3ccc(Cl)cc3s2)CC1. The Bertz CT molecular complexity index is 698. The summed E-state index contributed by atoms with van der Waals surface area (Å²) in [6.07, 6.45) is 1.30. The van der Waals surface area contributed by atoms with E-state index in [2.05, 4.69) is 10.3 Å². The zero-order valence-corrected chi connectivity index (χ0v) is 12.5. The number of aromatic nitrogens is 1. The summed E-state index contributed by atoms with van der Waals surface area (Å²) in [5, 5.41) is 4.86. The second-order valence-corrected chi connectivity index (χ2v) is 8.47. The lowest BCUT2D eigenvalue weighted by atomic mass is 10.2. The minimum atomic E-state index is -2.81. The van der Waals surface area contributed by atoms with Gasteiger partial charge in [0.05, 0.1) is 21.7 Å². The largest absolute Gasteiger partial charge is 0.359 e. The van der Waals surface area contributed by atoms with E-state index in [4.69, 9.17) is 11.6 Å². The minimum absolute atomic E-state index is 0.194. The molecule has 0 bridgehead atoms. The molecule has 2 aromatic rings. The van der Waals surface area contributed by atoms with Crippen LogP contribution in [0.5, 0.6) is 0 Å². The van der Waals surface area contributed by atoms with Crippen LogP contribution in [-0.2, 0) is 9.84 Å². The zero-order chi connectivity index (χ0) is 13.5. The number of nitrogens with one attached hydrogen (secondary N) is 1. The van der Waals surface area contributed by atoms with E-state index in [1.54, 1.807) is 11.3 Å². The lowest BCUT2D eigenvalue weighted by Crippen LogP contribution is -2.32. The Morgan fingerprint density at radius 3 is 2.79 bits per heavy atom. The fourth-order valence-corrected chi connectivity index (χ4v) is 4.88. The fourth-order valence-electron chi connectivity index (χ4n) is 2.17. The monoisotopic (exact) mass is 316 g/mol. The van der Waals surface area contributed by atoms with Crippen LogP contribution in [0.2, 0.25) is 5.02 Å². The molecule has 1 aliphatic heterocycles. The summed E-state index contributed by atoms with van der Waals surface area (Å²) in [5.41, 5.74) is 0.917. The molecule has 1 aliphatic rings. The molecule has 1 fully saturated rings. The molecule has 3 rings (SSSR count). The molecular weight excluding hydrogens is 304 g/mol. The van der Waals surface area contributed by atoms with Crippen molar-refractivity contribution < 1.29 is 8.42 Å². The van der Waals surface area contributed by atoms with Gasteiger partial charge >= 0.3 is 0 Å². The van der Waals surface area contributed by atoms with Crippen LogP contribution in [0, 0.1) is 0 Å². The number of hydrogen-bond acceptors (Lipinski definition) is 5. The molecule has 7 heteroatoms. The molecule has 2 heterocycles. The van der Waals surface area contributed by atoms with Crippen LogP contribution in [0.1, 0.15) is 12.8 Å². The van der Waals surface area contributed by atoms with Crippen molar-refractivity contribution in [1.82, 2.24) is 4.98 Å². The van der Waals surface area contributed by atoms with E-state index in [-0.39, 0.29) is 17.5 Å². The number of nitrogens with zero attached hydrogens (tertiary/aromatic N) is 1. The highest BCUT2D eigenvalue weighted by Gasteiger charge is 2.24. The van der Waals surface area contributed by atoms with Crippen LogP contribution in [0.25, 0.3) is 10.2 Å². The van der Waals surface area contributed by atoms with Gasteiger partial charge < -0.3 is 5.32 Å². The number of benzene rings is 1. The number of halogens is 1. The first-order valence-corrected chi connectivity index (χ1v) is 9.06. The van der Waals surface area contributed by atoms with Crippen molar-refractivity contribution in [2.45, 2.75) is 18.9 Å². The van der Waals surface area contributed by atoms with E-state index in [0.717, 1.165) is 15.3 Å². The summed E-state index contributed by atoms with van der Waals surface area (Å²) >= 11 is 7.49. The summed E-state index contributed by atoms with van der Waals surface area (Å²) in [6.45, 7) is 0. The molecule has 1 aromatic heterocycles. The highest BCUT2D eigenvalue weighted by Crippen LogP contribution is 2.29. The molecule has 102 valence electrons. The maximum atomic E-state index is 11.4. The van der Waals surface area contributed by atoms with Gasteiger partial charge in [0.1, 0.15) is 9.84 Å². The molecule has 4 nitrogen and oxygen atoms in total. The van der Waals surface area contributed by atoms with Gasteiger partial charge in [0.15, 0.2) is 5.13 Å². The lowest BCUT2D eigenvalue weighted by Gasteiger charge is -2.22. The van der Waals surface area contributed by atoms with Gasteiger partial charge in [-0.1, -0.05) is 22.9 Å². The van der Waals surface area contributed by atoms with Gasteiger partial charge in [0, 0.05) is 11.1 Å². The molecule has 0 unspecified atom stereocenters. The Morgan fingerprint density at radius 1 is 1.32 bits per heavy atom. The van der Waals surface area contributed by atoms with E-state index in [1.165, 1.54) is 0 Å². The second kappa shape index (κ2) is 4.92. The van der Waals surface area contributed by atoms with Gasteiger partial charge in [-0.3, -0.25) is 0 Å². The third-order valence-corrected chi connectivity index (χ3v) is 6.13. The fraction of sp³-hybridized carbons (Fsp3) is 0.417. The van der Waals surface area contributed by atoms with E-state index in [0.29, 0.717) is 17.9 Å². The van der Waals surface area contributed by atoms with E-state index < -0.39 is 9.84 Å². The summed E-state index contributed by atoms with van der Waals surface area (Å²) in [5.74, 6) is 0.531. The zero-order valence-electron chi connectivity index (χ0n) is 10.1.